The van der Waals surface area contributed by atoms with E-state index in [0.29, 0.717) is 12.8 Å². The van der Waals surface area contributed by atoms with Crippen LogP contribution in [0.2, 0.25) is 0 Å². The van der Waals surface area contributed by atoms with Crippen molar-refractivity contribution in [2.45, 2.75) is 18.9 Å². The van der Waals surface area contributed by atoms with Crippen LogP contribution in [0.15, 0.2) is 60.7 Å². The summed E-state index contributed by atoms with van der Waals surface area (Å²) in [4.78, 5) is 23.7. The molecule has 2 aromatic rings. The smallest absolute Gasteiger partial charge is 0.307 e. The molecule has 1 amide bonds. The molecule has 1 saturated carbocycles. The van der Waals surface area contributed by atoms with Gasteiger partial charge in [0, 0.05) is 0 Å². The van der Waals surface area contributed by atoms with Gasteiger partial charge in [0.15, 0.2) is 0 Å². The number of amides is 1. The number of carbonyl (C=O) groups is 2. The molecule has 0 radical (unpaired) electrons. The lowest BCUT2D eigenvalue weighted by atomic mass is 9.73. The molecule has 1 aliphatic rings. The number of carboxylic acid groups (broad SMARTS) is 1. The monoisotopic (exact) mass is 309 g/mol. The Morgan fingerprint density at radius 3 is 1.74 bits per heavy atom. The largest absolute Gasteiger partial charge is 0.481 e. The van der Waals surface area contributed by atoms with Crippen molar-refractivity contribution >= 4 is 11.9 Å². The van der Waals surface area contributed by atoms with Gasteiger partial charge in [-0.3, -0.25) is 9.59 Å². The number of rotatable bonds is 5. The fourth-order valence-corrected chi connectivity index (χ4v) is 3.01. The highest BCUT2D eigenvalue weighted by Crippen LogP contribution is 2.35. The topological polar surface area (TPSA) is 66.4 Å². The number of benzene rings is 2. The third-order valence-corrected chi connectivity index (χ3v) is 4.48. The van der Waals surface area contributed by atoms with Gasteiger partial charge < -0.3 is 10.4 Å². The molecule has 118 valence electrons. The summed E-state index contributed by atoms with van der Waals surface area (Å²) in [6.45, 7) is 0. The van der Waals surface area contributed by atoms with Crippen molar-refractivity contribution in [1.29, 1.82) is 0 Å². The molecule has 2 atom stereocenters. The lowest BCUT2D eigenvalue weighted by molar-refractivity contribution is -0.152. The Bertz CT molecular complexity index is 645. The quantitative estimate of drug-likeness (QED) is 0.892. The molecule has 4 nitrogen and oxygen atoms in total. The highest BCUT2D eigenvalue weighted by atomic mass is 16.4. The predicted molar refractivity (Wildman–Crippen MR) is 86.7 cm³/mol. The van der Waals surface area contributed by atoms with E-state index in [1.165, 1.54) is 0 Å². The first-order chi connectivity index (χ1) is 11.2. The molecule has 2 N–H and O–H groups in total. The van der Waals surface area contributed by atoms with E-state index in [1.54, 1.807) is 0 Å². The number of carboxylic acids is 1. The lowest BCUT2D eigenvalue weighted by Crippen LogP contribution is -2.45. The van der Waals surface area contributed by atoms with Gasteiger partial charge in [-0.2, -0.15) is 0 Å². The second-order valence-corrected chi connectivity index (χ2v) is 5.89. The maximum Gasteiger partial charge on any atom is 0.307 e. The van der Waals surface area contributed by atoms with Gasteiger partial charge in [-0.1, -0.05) is 60.7 Å². The van der Waals surface area contributed by atoms with Crippen molar-refractivity contribution in [2.24, 2.45) is 11.8 Å². The van der Waals surface area contributed by atoms with Crippen LogP contribution in [-0.2, 0) is 9.59 Å². The molecule has 0 bridgehead atoms. The van der Waals surface area contributed by atoms with Crippen molar-refractivity contribution in [3.63, 3.8) is 0 Å². The Morgan fingerprint density at radius 1 is 0.870 bits per heavy atom. The van der Waals surface area contributed by atoms with E-state index in [0.717, 1.165) is 11.1 Å². The zero-order chi connectivity index (χ0) is 16.2. The predicted octanol–water partition coefficient (Wildman–Crippen LogP) is 3.00. The maximum atomic E-state index is 12.5. The second-order valence-electron chi connectivity index (χ2n) is 5.89. The van der Waals surface area contributed by atoms with Gasteiger partial charge in [-0.15, -0.1) is 0 Å². The molecule has 2 unspecified atom stereocenters. The molecule has 23 heavy (non-hydrogen) atoms. The first-order valence-corrected chi connectivity index (χ1v) is 7.80. The summed E-state index contributed by atoms with van der Waals surface area (Å²) in [6, 6.07) is 19.2. The van der Waals surface area contributed by atoms with E-state index in [4.69, 9.17) is 5.11 Å². The summed E-state index contributed by atoms with van der Waals surface area (Å²) in [5, 5.41) is 12.2. The SMILES string of the molecule is O=C(O)C1CCC1C(=O)NC(c1ccccc1)c1ccccc1. The molecule has 0 aromatic heterocycles. The van der Waals surface area contributed by atoms with Crippen LogP contribution in [0.4, 0.5) is 0 Å². The number of carbonyl (C=O) groups excluding carboxylic acids is 1. The first-order valence-electron chi connectivity index (χ1n) is 7.80. The molecular weight excluding hydrogens is 290 g/mol. The van der Waals surface area contributed by atoms with E-state index < -0.39 is 17.8 Å². The minimum atomic E-state index is -0.882. The molecule has 0 spiro atoms. The van der Waals surface area contributed by atoms with Gasteiger partial charge in [0.1, 0.15) is 0 Å². The van der Waals surface area contributed by atoms with Crippen LogP contribution in [0.1, 0.15) is 30.0 Å². The summed E-state index contributed by atoms with van der Waals surface area (Å²) < 4.78 is 0. The molecule has 0 aliphatic heterocycles. The minimum absolute atomic E-state index is 0.179. The van der Waals surface area contributed by atoms with Gasteiger partial charge in [-0.25, -0.2) is 0 Å². The van der Waals surface area contributed by atoms with E-state index in [2.05, 4.69) is 5.32 Å². The number of aliphatic carboxylic acids is 1. The number of nitrogens with one attached hydrogen (secondary N) is 1. The van der Waals surface area contributed by atoms with Crippen LogP contribution >= 0.6 is 0 Å². The molecule has 0 heterocycles. The molecule has 2 aromatic carbocycles. The van der Waals surface area contributed by atoms with Crippen LogP contribution < -0.4 is 5.32 Å². The van der Waals surface area contributed by atoms with E-state index in [1.807, 2.05) is 60.7 Å². The maximum absolute atomic E-state index is 12.5. The van der Waals surface area contributed by atoms with Crippen LogP contribution in [0.25, 0.3) is 0 Å². The van der Waals surface area contributed by atoms with Crippen molar-refractivity contribution in [3.8, 4) is 0 Å². The van der Waals surface area contributed by atoms with E-state index in [-0.39, 0.29) is 11.9 Å². The van der Waals surface area contributed by atoms with E-state index in [9.17, 15) is 9.59 Å². The molecule has 1 fully saturated rings. The van der Waals surface area contributed by atoms with Crippen LogP contribution in [-0.4, -0.2) is 17.0 Å². The Hall–Kier alpha value is -2.62. The number of hydrogen-bond donors (Lipinski definition) is 2. The highest BCUT2D eigenvalue weighted by molar-refractivity contribution is 5.86. The lowest BCUT2D eigenvalue weighted by Gasteiger charge is -2.33. The van der Waals surface area contributed by atoms with Crippen molar-refractivity contribution < 1.29 is 14.7 Å². The molecule has 0 saturated heterocycles. The average Bonchev–Trinajstić information content (AvgIpc) is 2.52. The van der Waals surface area contributed by atoms with Crippen LogP contribution in [0.5, 0.6) is 0 Å². The fourth-order valence-electron chi connectivity index (χ4n) is 3.01. The summed E-state index contributed by atoms with van der Waals surface area (Å²) in [6.07, 6.45) is 1.22. The molecule has 3 rings (SSSR count). The Kier molecular flexibility index (Phi) is 4.42. The summed E-state index contributed by atoms with van der Waals surface area (Å²) in [7, 11) is 0. The normalized spacial score (nSPS) is 19.9. The molecule has 1 aliphatic carbocycles. The Balaban J connectivity index is 1.82. The zero-order valence-corrected chi connectivity index (χ0v) is 12.7. The average molecular weight is 309 g/mol. The number of hydrogen-bond acceptors (Lipinski definition) is 2. The second kappa shape index (κ2) is 6.65. The standard InChI is InChI=1S/C19H19NO3/c21-18(15-11-12-16(15)19(22)23)20-17(13-7-3-1-4-8-13)14-9-5-2-6-10-14/h1-10,15-17H,11-12H2,(H,20,21)(H,22,23). The summed E-state index contributed by atoms with van der Waals surface area (Å²) in [5.41, 5.74) is 1.97. The van der Waals surface area contributed by atoms with Crippen molar-refractivity contribution in [1.82, 2.24) is 5.32 Å². The highest BCUT2D eigenvalue weighted by Gasteiger charge is 2.42. The Labute approximate surface area is 135 Å². The van der Waals surface area contributed by atoms with Gasteiger partial charge in [0.2, 0.25) is 5.91 Å². The van der Waals surface area contributed by atoms with Gasteiger partial charge in [-0.05, 0) is 24.0 Å². The van der Waals surface area contributed by atoms with E-state index >= 15 is 0 Å². The first kappa shape index (κ1) is 15.3. The van der Waals surface area contributed by atoms with Crippen LogP contribution in [0, 0.1) is 11.8 Å². The molecule has 4 heteroatoms. The van der Waals surface area contributed by atoms with Crippen LogP contribution in [0.3, 0.4) is 0 Å². The van der Waals surface area contributed by atoms with Gasteiger partial charge >= 0.3 is 5.97 Å². The van der Waals surface area contributed by atoms with Gasteiger partial charge in [0.25, 0.3) is 0 Å². The zero-order valence-electron chi connectivity index (χ0n) is 12.7. The molecular formula is C19H19NO3. The summed E-state index contributed by atoms with van der Waals surface area (Å²) in [5.74, 6) is -2.04. The minimum Gasteiger partial charge on any atom is -0.481 e. The third-order valence-electron chi connectivity index (χ3n) is 4.48. The fraction of sp³-hybridized carbons (Fsp3) is 0.263. The van der Waals surface area contributed by atoms with Crippen molar-refractivity contribution in [3.05, 3.63) is 71.8 Å². The summed E-state index contributed by atoms with van der Waals surface area (Å²) >= 11 is 0. The Morgan fingerprint density at radius 2 is 1.35 bits per heavy atom. The van der Waals surface area contributed by atoms with Gasteiger partial charge in [0.05, 0.1) is 17.9 Å². The third kappa shape index (κ3) is 3.26. The van der Waals surface area contributed by atoms with Crippen molar-refractivity contribution in [2.75, 3.05) is 0 Å².